The van der Waals surface area contributed by atoms with E-state index in [4.69, 9.17) is 0 Å². The number of hydrogen-bond donors (Lipinski definition) is 1. The van der Waals surface area contributed by atoms with E-state index in [0.29, 0.717) is 30.5 Å². The number of aromatic hydroxyl groups is 1. The molecule has 0 radical (unpaired) electrons. The quantitative estimate of drug-likeness (QED) is 0.731. The van der Waals surface area contributed by atoms with Gasteiger partial charge in [0, 0.05) is 48.2 Å². The molecule has 1 saturated carbocycles. The van der Waals surface area contributed by atoms with E-state index in [1.54, 1.807) is 17.9 Å². The lowest BCUT2D eigenvalue weighted by atomic mass is 9.71. The first-order valence-electron chi connectivity index (χ1n) is 11.4. The van der Waals surface area contributed by atoms with E-state index in [-0.39, 0.29) is 17.2 Å². The van der Waals surface area contributed by atoms with Crippen LogP contribution in [0, 0.1) is 11.3 Å². The van der Waals surface area contributed by atoms with Crippen LogP contribution in [0.25, 0.3) is 0 Å². The van der Waals surface area contributed by atoms with Crippen LogP contribution in [0.1, 0.15) is 62.3 Å². The second-order valence-corrected chi connectivity index (χ2v) is 11.4. The van der Waals surface area contributed by atoms with Crippen LogP contribution in [0.4, 0.5) is 0 Å². The summed E-state index contributed by atoms with van der Waals surface area (Å²) in [7, 11) is 0.548. The summed E-state index contributed by atoms with van der Waals surface area (Å²) < 4.78 is 13.6. The maximum absolute atomic E-state index is 13.1. The maximum atomic E-state index is 13.1. The molecule has 0 aromatic carbocycles. The minimum atomic E-state index is -1.08. The Bertz CT molecular complexity index is 1080. The largest absolute Gasteiger partial charge is 0.501 e. The molecule has 2 unspecified atom stereocenters. The Morgan fingerprint density at radius 1 is 1.28 bits per heavy atom. The highest BCUT2D eigenvalue weighted by atomic mass is 32.2. The Hall–Kier alpha value is -2.22. The number of allylic oxidation sites excluding steroid dienone is 4. The molecule has 32 heavy (non-hydrogen) atoms. The maximum Gasteiger partial charge on any atom is 0.315 e. The molecule has 1 amide bonds. The molecule has 1 aliphatic heterocycles. The SMILES string of the molecule is CC1=CC(C2(Cc3nc(=O)c(O)c4n3C[C@H](CS(C)=O)N(C)C4=O)CCCC2)=CC(C)C1. The molecular formula is C24H33N3O4S. The van der Waals surface area contributed by atoms with Crippen molar-refractivity contribution >= 4 is 16.7 Å². The van der Waals surface area contributed by atoms with Crippen LogP contribution in [-0.2, 0) is 23.8 Å². The van der Waals surface area contributed by atoms with Gasteiger partial charge in [-0.15, -0.1) is 0 Å². The van der Waals surface area contributed by atoms with Crippen molar-refractivity contribution in [2.75, 3.05) is 19.1 Å². The monoisotopic (exact) mass is 459 g/mol. The highest BCUT2D eigenvalue weighted by Crippen LogP contribution is 2.49. The Morgan fingerprint density at radius 2 is 1.97 bits per heavy atom. The second kappa shape index (κ2) is 8.61. The van der Waals surface area contributed by atoms with Gasteiger partial charge in [-0.25, -0.2) is 0 Å². The molecule has 3 atom stereocenters. The van der Waals surface area contributed by atoms with Crippen molar-refractivity contribution in [2.24, 2.45) is 11.3 Å². The van der Waals surface area contributed by atoms with Gasteiger partial charge in [-0.05, 0) is 37.7 Å². The number of hydrogen-bond acceptors (Lipinski definition) is 5. The van der Waals surface area contributed by atoms with Crippen LogP contribution < -0.4 is 5.56 Å². The smallest absolute Gasteiger partial charge is 0.315 e. The summed E-state index contributed by atoms with van der Waals surface area (Å²) in [5.74, 6) is 0.332. The first-order valence-corrected chi connectivity index (χ1v) is 13.1. The summed E-state index contributed by atoms with van der Waals surface area (Å²) in [4.78, 5) is 31.4. The van der Waals surface area contributed by atoms with E-state index in [0.717, 1.165) is 32.1 Å². The van der Waals surface area contributed by atoms with Crippen molar-refractivity contribution < 1.29 is 14.1 Å². The summed E-state index contributed by atoms with van der Waals surface area (Å²) in [5, 5.41) is 10.4. The number of fused-ring (bicyclic) bond motifs is 1. The fraction of sp³-hybridized carbons (Fsp3) is 0.625. The molecule has 1 fully saturated rings. The Kier molecular flexibility index (Phi) is 6.18. The molecule has 8 heteroatoms. The fourth-order valence-corrected chi connectivity index (χ4v) is 6.61. The minimum Gasteiger partial charge on any atom is -0.501 e. The van der Waals surface area contributed by atoms with Crippen LogP contribution >= 0.6 is 0 Å². The molecule has 174 valence electrons. The van der Waals surface area contributed by atoms with Crippen molar-refractivity contribution in [2.45, 2.75) is 65.0 Å². The molecule has 1 aromatic rings. The second-order valence-electron chi connectivity index (χ2n) is 9.91. The molecule has 1 aromatic heterocycles. The molecule has 3 aliphatic rings. The summed E-state index contributed by atoms with van der Waals surface area (Å²) in [5.41, 5.74) is 1.81. The van der Waals surface area contributed by atoms with Crippen molar-refractivity contribution in [1.29, 1.82) is 0 Å². The third kappa shape index (κ3) is 4.09. The number of carbonyl (C=O) groups is 1. The van der Waals surface area contributed by atoms with Gasteiger partial charge in [-0.2, -0.15) is 4.98 Å². The molecule has 0 bridgehead atoms. The van der Waals surface area contributed by atoms with E-state index >= 15 is 0 Å². The van der Waals surface area contributed by atoms with Gasteiger partial charge in [0.05, 0.1) is 6.04 Å². The van der Waals surface area contributed by atoms with Gasteiger partial charge in [0.15, 0.2) is 5.69 Å². The van der Waals surface area contributed by atoms with Gasteiger partial charge < -0.3 is 14.6 Å². The van der Waals surface area contributed by atoms with Gasteiger partial charge in [0.2, 0.25) is 5.75 Å². The Balaban J connectivity index is 1.81. The van der Waals surface area contributed by atoms with E-state index in [2.05, 4.69) is 31.0 Å². The number of amides is 1. The first-order chi connectivity index (χ1) is 15.1. The third-order valence-corrected chi connectivity index (χ3v) is 8.16. The highest BCUT2D eigenvalue weighted by molar-refractivity contribution is 7.84. The molecular weight excluding hydrogens is 426 g/mol. The topological polar surface area (TPSA) is 92.5 Å². The predicted molar refractivity (Wildman–Crippen MR) is 125 cm³/mol. The molecule has 0 spiro atoms. The number of nitrogens with zero attached hydrogens (tertiary/aromatic N) is 3. The number of likely N-dealkylation sites (N-methyl/N-ethyl adjacent to an activating group) is 1. The van der Waals surface area contributed by atoms with E-state index in [1.807, 2.05) is 0 Å². The zero-order valence-electron chi connectivity index (χ0n) is 19.4. The van der Waals surface area contributed by atoms with Crippen LogP contribution in [0.5, 0.6) is 5.75 Å². The van der Waals surface area contributed by atoms with E-state index in [9.17, 15) is 18.9 Å². The summed E-state index contributed by atoms with van der Waals surface area (Å²) in [6, 6.07) is -0.279. The summed E-state index contributed by atoms with van der Waals surface area (Å²) >= 11 is 0. The van der Waals surface area contributed by atoms with Gasteiger partial charge >= 0.3 is 5.56 Å². The van der Waals surface area contributed by atoms with Gasteiger partial charge in [-0.1, -0.05) is 37.5 Å². The van der Waals surface area contributed by atoms with Crippen molar-refractivity contribution in [3.05, 3.63) is 45.2 Å². The Labute approximate surface area is 191 Å². The number of carbonyl (C=O) groups excluding carboxylic acids is 1. The van der Waals surface area contributed by atoms with Crippen LogP contribution in [0.3, 0.4) is 0 Å². The fourth-order valence-electron chi connectivity index (χ4n) is 5.74. The van der Waals surface area contributed by atoms with Gasteiger partial charge in [0.1, 0.15) is 5.82 Å². The molecule has 2 heterocycles. The van der Waals surface area contributed by atoms with Crippen molar-refractivity contribution in [3.63, 3.8) is 0 Å². The molecule has 0 saturated heterocycles. The average molecular weight is 460 g/mol. The first kappa shape index (κ1) is 23.0. The number of rotatable bonds is 5. The van der Waals surface area contributed by atoms with Crippen LogP contribution in [0.15, 0.2) is 28.1 Å². The third-order valence-electron chi connectivity index (χ3n) is 7.31. The highest BCUT2D eigenvalue weighted by Gasteiger charge is 2.41. The lowest BCUT2D eigenvalue weighted by Gasteiger charge is -2.38. The lowest BCUT2D eigenvalue weighted by molar-refractivity contribution is 0.0663. The molecule has 4 rings (SSSR count). The van der Waals surface area contributed by atoms with Crippen molar-refractivity contribution in [1.82, 2.24) is 14.5 Å². The zero-order chi connectivity index (χ0) is 23.2. The average Bonchev–Trinajstić information content (AvgIpc) is 3.18. The Morgan fingerprint density at radius 3 is 2.59 bits per heavy atom. The van der Waals surface area contributed by atoms with Crippen LogP contribution in [-0.4, -0.2) is 54.8 Å². The van der Waals surface area contributed by atoms with Crippen molar-refractivity contribution in [3.8, 4) is 5.75 Å². The summed E-state index contributed by atoms with van der Waals surface area (Å²) in [6.07, 6.45) is 12.1. The van der Waals surface area contributed by atoms with E-state index < -0.39 is 28.0 Å². The van der Waals surface area contributed by atoms with Gasteiger partial charge in [-0.3, -0.25) is 13.8 Å². The molecule has 1 N–H and O–H groups in total. The molecule has 7 nitrogen and oxygen atoms in total. The normalized spacial score (nSPS) is 25.9. The zero-order valence-corrected chi connectivity index (χ0v) is 20.2. The summed E-state index contributed by atoms with van der Waals surface area (Å²) in [6.45, 7) is 4.77. The standard InChI is InChI=1S/C24H33N3O4S/c1-15-9-16(2)11-17(10-15)24(7-5-6-8-24)12-19-25-22(29)21(28)20-23(30)26(3)18(13-27(19)20)14-32(4)31/h10-11,15,18,28H,5-9,12-14H2,1-4H3/t15?,18-,32?/m1/s1. The predicted octanol–water partition coefficient (Wildman–Crippen LogP) is 2.80. The van der Waals surface area contributed by atoms with Gasteiger partial charge in [0.25, 0.3) is 5.91 Å². The molecule has 2 aliphatic carbocycles. The number of aromatic nitrogens is 2. The van der Waals surface area contributed by atoms with E-state index in [1.165, 1.54) is 16.0 Å². The lowest BCUT2D eigenvalue weighted by Crippen LogP contribution is -2.50. The minimum absolute atomic E-state index is 0.00602. The van der Waals surface area contributed by atoms with Crippen LogP contribution in [0.2, 0.25) is 0 Å².